The predicted octanol–water partition coefficient (Wildman–Crippen LogP) is 2.57. The molecule has 0 spiro atoms. The molecule has 1 rings (SSSR count). The smallest absolute Gasteiger partial charge is 0.331 e. The second-order valence-corrected chi connectivity index (χ2v) is 5.34. The molecule has 0 unspecified atom stereocenters. The van der Waals surface area contributed by atoms with E-state index in [1.54, 1.807) is 38.5 Å². The van der Waals surface area contributed by atoms with Gasteiger partial charge in [-0.2, -0.15) is 0 Å². The Morgan fingerprint density at radius 1 is 1.17 bits per heavy atom. The van der Waals surface area contributed by atoms with E-state index in [1.165, 1.54) is 6.08 Å². The Hall–Kier alpha value is -2.50. The second-order valence-electron chi connectivity index (χ2n) is 5.34. The highest BCUT2D eigenvalue weighted by Crippen LogP contribution is 2.23. The standard InChI is InChI=1S/C18H25NO5/c1-5-6-13(2)19-17(20)12-24-18(21)8-7-14-9-15(22-3)11-16(10-14)23-4/h7-11,13H,5-6,12H2,1-4H3,(H,19,20)/b8-7+/t13-/m0/s1. The Balaban J connectivity index is 2.52. The van der Waals surface area contributed by atoms with Crippen molar-refractivity contribution in [2.75, 3.05) is 20.8 Å². The molecule has 0 aromatic heterocycles. The van der Waals surface area contributed by atoms with Gasteiger partial charge in [0.15, 0.2) is 6.61 Å². The average Bonchev–Trinajstić information content (AvgIpc) is 2.57. The van der Waals surface area contributed by atoms with E-state index >= 15 is 0 Å². The molecule has 0 aliphatic carbocycles. The molecule has 1 atom stereocenters. The minimum Gasteiger partial charge on any atom is -0.497 e. The largest absolute Gasteiger partial charge is 0.497 e. The molecule has 0 aliphatic heterocycles. The van der Waals surface area contributed by atoms with Gasteiger partial charge in [-0.3, -0.25) is 4.79 Å². The minimum atomic E-state index is -0.588. The van der Waals surface area contributed by atoms with Crippen LogP contribution in [-0.2, 0) is 14.3 Å². The van der Waals surface area contributed by atoms with E-state index in [0.717, 1.165) is 18.4 Å². The van der Waals surface area contributed by atoms with Crippen LogP contribution in [0, 0.1) is 0 Å². The van der Waals surface area contributed by atoms with E-state index in [0.29, 0.717) is 11.5 Å². The first-order chi connectivity index (χ1) is 11.5. The van der Waals surface area contributed by atoms with Crippen molar-refractivity contribution in [3.8, 4) is 11.5 Å². The Morgan fingerprint density at radius 2 is 1.79 bits per heavy atom. The topological polar surface area (TPSA) is 73.9 Å². The quantitative estimate of drug-likeness (QED) is 0.554. The summed E-state index contributed by atoms with van der Waals surface area (Å²) in [6.07, 6.45) is 4.70. The average molecular weight is 335 g/mol. The fourth-order valence-electron chi connectivity index (χ4n) is 2.10. The van der Waals surface area contributed by atoms with Crippen molar-refractivity contribution in [3.63, 3.8) is 0 Å². The van der Waals surface area contributed by atoms with Crippen LogP contribution >= 0.6 is 0 Å². The van der Waals surface area contributed by atoms with Gasteiger partial charge in [-0.1, -0.05) is 13.3 Å². The SMILES string of the molecule is CCC[C@H](C)NC(=O)COC(=O)/C=C/c1cc(OC)cc(OC)c1. The number of nitrogens with one attached hydrogen (secondary N) is 1. The summed E-state index contributed by atoms with van der Waals surface area (Å²) in [6.45, 7) is 3.67. The molecule has 0 heterocycles. The van der Waals surface area contributed by atoms with Crippen molar-refractivity contribution in [2.45, 2.75) is 32.7 Å². The first-order valence-corrected chi connectivity index (χ1v) is 7.85. The normalized spacial score (nSPS) is 11.8. The third-order valence-electron chi connectivity index (χ3n) is 3.26. The molecule has 6 nitrogen and oxygen atoms in total. The lowest BCUT2D eigenvalue weighted by molar-refractivity contribution is -0.144. The number of amides is 1. The molecule has 1 N–H and O–H groups in total. The second kappa shape index (κ2) is 10.3. The van der Waals surface area contributed by atoms with Crippen LogP contribution in [0.3, 0.4) is 0 Å². The van der Waals surface area contributed by atoms with Crippen molar-refractivity contribution >= 4 is 18.0 Å². The highest BCUT2D eigenvalue weighted by atomic mass is 16.5. The fourth-order valence-corrected chi connectivity index (χ4v) is 2.10. The van der Waals surface area contributed by atoms with E-state index in [-0.39, 0.29) is 18.6 Å². The summed E-state index contributed by atoms with van der Waals surface area (Å²) < 4.78 is 15.2. The number of rotatable bonds is 9. The molecule has 0 radical (unpaired) electrons. The Morgan fingerprint density at radius 3 is 2.33 bits per heavy atom. The first kappa shape index (κ1) is 19.5. The van der Waals surface area contributed by atoms with Crippen LogP contribution in [0.15, 0.2) is 24.3 Å². The number of carbonyl (C=O) groups is 2. The van der Waals surface area contributed by atoms with Gasteiger partial charge in [0.2, 0.25) is 0 Å². The number of ether oxygens (including phenoxy) is 3. The van der Waals surface area contributed by atoms with Crippen molar-refractivity contribution < 1.29 is 23.8 Å². The maximum Gasteiger partial charge on any atom is 0.331 e. The molecular weight excluding hydrogens is 310 g/mol. The minimum absolute atomic E-state index is 0.0704. The van der Waals surface area contributed by atoms with E-state index in [1.807, 2.05) is 13.8 Å². The summed E-state index contributed by atoms with van der Waals surface area (Å²) in [5.74, 6) is 0.342. The molecular formula is C18H25NO5. The van der Waals surface area contributed by atoms with E-state index < -0.39 is 5.97 Å². The monoisotopic (exact) mass is 335 g/mol. The van der Waals surface area contributed by atoms with Crippen LogP contribution in [0.25, 0.3) is 6.08 Å². The highest BCUT2D eigenvalue weighted by Gasteiger charge is 2.08. The predicted molar refractivity (Wildman–Crippen MR) is 92.1 cm³/mol. The van der Waals surface area contributed by atoms with Gasteiger partial charge in [0.25, 0.3) is 5.91 Å². The summed E-state index contributed by atoms with van der Waals surface area (Å²) in [7, 11) is 3.10. The molecule has 6 heteroatoms. The van der Waals surface area contributed by atoms with Gasteiger partial charge in [0.05, 0.1) is 14.2 Å². The number of hydrogen-bond acceptors (Lipinski definition) is 5. The zero-order valence-electron chi connectivity index (χ0n) is 14.6. The molecule has 0 saturated heterocycles. The number of esters is 1. The Bertz CT molecular complexity index is 561. The molecule has 0 aliphatic rings. The van der Waals surface area contributed by atoms with E-state index in [2.05, 4.69) is 5.32 Å². The van der Waals surface area contributed by atoms with Crippen molar-refractivity contribution in [1.29, 1.82) is 0 Å². The molecule has 1 amide bonds. The lowest BCUT2D eigenvalue weighted by atomic mass is 10.2. The fraction of sp³-hybridized carbons (Fsp3) is 0.444. The lowest BCUT2D eigenvalue weighted by Gasteiger charge is -2.12. The number of hydrogen-bond donors (Lipinski definition) is 1. The first-order valence-electron chi connectivity index (χ1n) is 7.85. The van der Waals surface area contributed by atoms with Gasteiger partial charge in [0.1, 0.15) is 11.5 Å². The van der Waals surface area contributed by atoms with Crippen LogP contribution in [0.5, 0.6) is 11.5 Å². The van der Waals surface area contributed by atoms with Gasteiger partial charge in [0, 0.05) is 18.2 Å². The molecule has 24 heavy (non-hydrogen) atoms. The van der Waals surface area contributed by atoms with Crippen LogP contribution in [0.1, 0.15) is 32.3 Å². The Labute approximate surface area is 142 Å². The van der Waals surface area contributed by atoms with Crippen LogP contribution < -0.4 is 14.8 Å². The number of carbonyl (C=O) groups excluding carboxylic acids is 2. The Kier molecular flexibility index (Phi) is 8.39. The maximum atomic E-state index is 11.7. The van der Waals surface area contributed by atoms with Crippen molar-refractivity contribution in [2.24, 2.45) is 0 Å². The van der Waals surface area contributed by atoms with E-state index in [4.69, 9.17) is 14.2 Å². The maximum absolute atomic E-state index is 11.7. The van der Waals surface area contributed by atoms with E-state index in [9.17, 15) is 9.59 Å². The third-order valence-corrected chi connectivity index (χ3v) is 3.26. The molecule has 0 fully saturated rings. The zero-order valence-corrected chi connectivity index (χ0v) is 14.6. The van der Waals surface area contributed by atoms with Gasteiger partial charge in [-0.15, -0.1) is 0 Å². The van der Waals surface area contributed by atoms with Crippen LogP contribution in [0.4, 0.5) is 0 Å². The molecule has 1 aromatic carbocycles. The molecule has 0 saturated carbocycles. The summed E-state index contributed by atoms with van der Waals surface area (Å²) in [5.41, 5.74) is 0.726. The van der Waals surface area contributed by atoms with Gasteiger partial charge < -0.3 is 19.5 Å². The highest BCUT2D eigenvalue weighted by molar-refractivity contribution is 5.89. The van der Waals surface area contributed by atoms with Gasteiger partial charge in [-0.25, -0.2) is 4.79 Å². The van der Waals surface area contributed by atoms with Crippen molar-refractivity contribution in [3.05, 3.63) is 29.8 Å². The molecule has 1 aromatic rings. The zero-order chi connectivity index (χ0) is 17.9. The van der Waals surface area contributed by atoms with Gasteiger partial charge >= 0.3 is 5.97 Å². The molecule has 132 valence electrons. The van der Waals surface area contributed by atoms with Crippen LogP contribution in [0.2, 0.25) is 0 Å². The lowest BCUT2D eigenvalue weighted by Crippen LogP contribution is -2.35. The van der Waals surface area contributed by atoms with Crippen LogP contribution in [-0.4, -0.2) is 38.7 Å². The summed E-state index contributed by atoms with van der Waals surface area (Å²) in [6, 6.07) is 5.31. The number of methoxy groups -OCH3 is 2. The summed E-state index contributed by atoms with van der Waals surface area (Å²) in [5, 5.41) is 2.77. The summed E-state index contributed by atoms with van der Waals surface area (Å²) in [4.78, 5) is 23.3. The van der Waals surface area contributed by atoms with Crippen molar-refractivity contribution in [1.82, 2.24) is 5.32 Å². The molecule has 0 bridgehead atoms. The summed E-state index contributed by atoms with van der Waals surface area (Å²) >= 11 is 0. The third kappa shape index (κ3) is 7.17. The number of benzene rings is 1. The van der Waals surface area contributed by atoms with Gasteiger partial charge in [-0.05, 0) is 37.1 Å².